The third kappa shape index (κ3) is 5.58. The number of halogens is 4. The molecule has 0 saturated carbocycles. The van der Waals surface area contributed by atoms with Crippen molar-refractivity contribution in [3.8, 4) is 0 Å². The number of anilines is 1. The minimum Gasteiger partial charge on any atom is -0.350 e. The Kier molecular flexibility index (Phi) is 6.55. The van der Waals surface area contributed by atoms with Crippen molar-refractivity contribution >= 4 is 40.8 Å². The highest BCUT2D eigenvalue weighted by atomic mass is 35.5. The van der Waals surface area contributed by atoms with Gasteiger partial charge in [0.1, 0.15) is 11.6 Å². The number of hydrogen-bond acceptors (Lipinski definition) is 2. The van der Waals surface area contributed by atoms with Crippen LogP contribution in [0.5, 0.6) is 0 Å². The van der Waals surface area contributed by atoms with Gasteiger partial charge in [0.15, 0.2) is 0 Å². The zero-order valence-electron chi connectivity index (χ0n) is 12.7. The molecule has 0 fully saturated rings. The van der Waals surface area contributed by atoms with Crippen molar-refractivity contribution in [2.24, 2.45) is 0 Å². The molecule has 25 heavy (non-hydrogen) atoms. The molecule has 0 aliphatic rings. The first-order valence-electron chi connectivity index (χ1n) is 7.10. The van der Waals surface area contributed by atoms with Gasteiger partial charge >= 0.3 is 6.03 Å². The van der Waals surface area contributed by atoms with E-state index in [0.29, 0.717) is 10.6 Å². The second-order valence-corrected chi connectivity index (χ2v) is 5.70. The summed E-state index contributed by atoms with van der Waals surface area (Å²) < 4.78 is 26.4. The molecular formula is C16H13Cl2F2N3O2. The van der Waals surface area contributed by atoms with E-state index in [9.17, 15) is 18.4 Å². The Bertz CT molecular complexity index is 803. The van der Waals surface area contributed by atoms with Crippen molar-refractivity contribution in [3.05, 3.63) is 63.6 Å². The first-order chi connectivity index (χ1) is 11.9. The Balaban J connectivity index is 1.76. The van der Waals surface area contributed by atoms with E-state index in [1.165, 1.54) is 18.2 Å². The number of rotatable bonds is 5. The molecule has 2 aromatic rings. The molecule has 0 aliphatic carbocycles. The van der Waals surface area contributed by atoms with Crippen molar-refractivity contribution in [3.63, 3.8) is 0 Å². The van der Waals surface area contributed by atoms with E-state index in [4.69, 9.17) is 23.2 Å². The van der Waals surface area contributed by atoms with Gasteiger partial charge in [0.2, 0.25) is 0 Å². The normalized spacial score (nSPS) is 10.2. The van der Waals surface area contributed by atoms with Gasteiger partial charge < -0.3 is 16.0 Å². The van der Waals surface area contributed by atoms with E-state index < -0.39 is 23.6 Å². The van der Waals surface area contributed by atoms with Crippen molar-refractivity contribution in [1.82, 2.24) is 10.6 Å². The van der Waals surface area contributed by atoms with Crippen LogP contribution in [0.25, 0.3) is 0 Å². The molecule has 0 atom stereocenters. The average molecular weight is 388 g/mol. The SMILES string of the molecule is O=C(NCCNC(=O)c1ccc(Cl)c(Cl)c1)Nc1cc(F)ccc1F. The third-order valence-corrected chi connectivity index (χ3v) is 3.79. The van der Waals surface area contributed by atoms with Crippen LogP contribution in [0, 0.1) is 11.6 Å². The average Bonchev–Trinajstić information content (AvgIpc) is 2.57. The van der Waals surface area contributed by atoms with Gasteiger partial charge in [-0.05, 0) is 30.3 Å². The van der Waals surface area contributed by atoms with Crippen molar-refractivity contribution in [2.45, 2.75) is 0 Å². The quantitative estimate of drug-likeness (QED) is 0.682. The van der Waals surface area contributed by atoms with Gasteiger partial charge in [0.05, 0.1) is 15.7 Å². The molecule has 0 heterocycles. The molecule has 0 aliphatic heterocycles. The van der Waals surface area contributed by atoms with Gasteiger partial charge in [-0.3, -0.25) is 4.79 Å². The fourth-order valence-electron chi connectivity index (χ4n) is 1.85. The van der Waals surface area contributed by atoms with Crippen LogP contribution in [0.2, 0.25) is 10.0 Å². The van der Waals surface area contributed by atoms with Crippen LogP contribution >= 0.6 is 23.2 Å². The number of hydrogen-bond donors (Lipinski definition) is 3. The van der Waals surface area contributed by atoms with Crippen molar-refractivity contribution in [2.75, 3.05) is 18.4 Å². The Labute approximate surface area is 152 Å². The Morgan fingerprint density at radius 2 is 1.64 bits per heavy atom. The van der Waals surface area contributed by atoms with Crippen LogP contribution in [0.15, 0.2) is 36.4 Å². The highest BCUT2D eigenvalue weighted by Crippen LogP contribution is 2.22. The fraction of sp³-hybridized carbons (Fsp3) is 0.125. The van der Waals surface area contributed by atoms with Gasteiger partial charge in [0.25, 0.3) is 5.91 Å². The zero-order chi connectivity index (χ0) is 18.4. The maximum Gasteiger partial charge on any atom is 0.319 e. The standard InChI is InChI=1S/C16H13Cl2F2N3O2/c17-11-3-1-9(7-12(11)18)15(24)21-5-6-22-16(25)23-14-8-10(19)2-4-13(14)20/h1-4,7-8H,5-6H2,(H,21,24)(H2,22,23,25). The molecule has 3 N–H and O–H groups in total. The molecule has 3 amide bonds. The number of carbonyl (C=O) groups is 2. The van der Waals surface area contributed by atoms with E-state index in [1.807, 2.05) is 0 Å². The monoisotopic (exact) mass is 387 g/mol. The summed E-state index contributed by atoms with van der Waals surface area (Å²) in [6.07, 6.45) is 0. The van der Waals surface area contributed by atoms with Crippen molar-refractivity contribution < 1.29 is 18.4 Å². The van der Waals surface area contributed by atoms with Gasteiger partial charge in [-0.25, -0.2) is 13.6 Å². The Hall–Kier alpha value is -2.38. The predicted octanol–water partition coefficient (Wildman–Crippen LogP) is 3.82. The van der Waals surface area contributed by atoms with E-state index in [1.54, 1.807) is 0 Å². The molecule has 9 heteroatoms. The van der Waals surface area contributed by atoms with Gasteiger partial charge in [0, 0.05) is 24.7 Å². The molecule has 0 radical (unpaired) electrons. The third-order valence-electron chi connectivity index (χ3n) is 3.05. The smallest absolute Gasteiger partial charge is 0.319 e. The van der Waals surface area contributed by atoms with Crippen LogP contribution in [-0.4, -0.2) is 25.0 Å². The maximum atomic E-state index is 13.4. The number of urea groups is 1. The van der Waals surface area contributed by atoms with E-state index >= 15 is 0 Å². The molecule has 0 spiro atoms. The van der Waals surface area contributed by atoms with Crippen LogP contribution in [0.4, 0.5) is 19.3 Å². The van der Waals surface area contributed by atoms with Gasteiger partial charge in [-0.15, -0.1) is 0 Å². The van der Waals surface area contributed by atoms with Crippen LogP contribution in [0.1, 0.15) is 10.4 Å². The lowest BCUT2D eigenvalue weighted by Crippen LogP contribution is -2.37. The molecule has 5 nitrogen and oxygen atoms in total. The molecule has 2 rings (SSSR count). The molecule has 0 bridgehead atoms. The lowest BCUT2D eigenvalue weighted by molar-refractivity contribution is 0.0954. The first kappa shape index (κ1) is 19.0. The van der Waals surface area contributed by atoms with Crippen molar-refractivity contribution in [1.29, 1.82) is 0 Å². The Morgan fingerprint density at radius 1 is 0.920 bits per heavy atom. The minimum atomic E-state index is -0.760. The van der Waals surface area contributed by atoms with E-state index in [2.05, 4.69) is 16.0 Å². The van der Waals surface area contributed by atoms with E-state index in [-0.39, 0.29) is 23.8 Å². The summed E-state index contributed by atoms with van der Waals surface area (Å²) in [6.45, 7) is 0.202. The topological polar surface area (TPSA) is 70.2 Å². The second-order valence-electron chi connectivity index (χ2n) is 4.89. The summed E-state index contributed by atoms with van der Waals surface area (Å²) in [5.74, 6) is -1.83. The lowest BCUT2D eigenvalue weighted by atomic mass is 10.2. The van der Waals surface area contributed by atoms with Gasteiger partial charge in [-0.1, -0.05) is 23.2 Å². The zero-order valence-corrected chi connectivity index (χ0v) is 14.2. The highest BCUT2D eigenvalue weighted by Gasteiger charge is 2.09. The minimum absolute atomic E-state index is 0.0792. The second kappa shape index (κ2) is 8.64. The number of benzene rings is 2. The first-order valence-corrected chi connectivity index (χ1v) is 7.85. The van der Waals surface area contributed by atoms with Crippen LogP contribution in [-0.2, 0) is 0 Å². The van der Waals surface area contributed by atoms with E-state index in [0.717, 1.165) is 18.2 Å². The lowest BCUT2D eigenvalue weighted by Gasteiger charge is -2.09. The Morgan fingerprint density at radius 3 is 2.36 bits per heavy atom. The largest absolute Gasteiger partial charge is 0.350 e. The molecule has 0 aromatic heterocycles. The summed E-state index contributed by atoms with van der Waals surface area (Å²) in [4.78, 5) is 23.5. The number of amides is 3. The molecular weight excluding hydrogens is 375 g/mol. The maximum absolute atomic E-state index is 13.4. The molecule has 0 unspecified atom stereocenters. The van der Waals surface area contributed by atoms with Gasteiger partial charge in [-0.2, -0.15) is 0 Å². The summed E-state index contributed by atoms with van der Waals surface area (Å²) in [7, 11) is 0. The van der Waals surface area contributed by atoms with Crippen LogP contribution in [0.3, 0.4) is 0 Å². The molecule has 2 aromatic carbocycles. The number of nitrogens with one attached hydrogen (secondary N) is 3. The summed E-state index contributed by atoms with van der Waals surface area (Å²) in [6, 6.07) is 6.41. The highest BCUT2D eigenvalue weighted by molar-refractivity contribution is 6.42. The summed E-state index contributed by atoms with van der Waals surface area (Å²) in [5, 5.41) is 7.73. The molecule has 132 valence electrons. The van der Waals surface area contributed by atoms with Crippen LogP contribution < -0.4 is 16.0 Å². The summed E-state index contributed by atoms with van der Waals surface area (Å²) >= 11 is 11.6. The number of carbonyl (C=O) groups excluding carboxylic acids is 2. The fourth-order valence-corrected chi connectivity index (χ4v) is 2.15. The predicted molar refractivity (Wildman–Crippen MR) is 92.2 cm³/mol. The summed E-state index contributed by atoms with van der Waals surface area (Å²) in [5.41, 5.74) is 0.0398. The molecule has 0 saturated heterocycles.